The fourth-order valence-corrected chi connectivity index (χ4v) is 1.70. The summed E-state index contributed by atoms with van der Waals surface area (Å²) in [7, 11) is 0. The largest absolute Gasteiger partial charge is 0.481 e. The van der Waals surface area contributed by atoms with Gasteiger partial charge >= 0.3 is 5.97 Å². The highest BCUT2D eigenvalue weighted by Gasteiger charge is 2.45. The minimum Gasteiger partial charge on any atom is -0.481 e. The van der Waals surface area contributed by atoms with Crippen molar-refractivity contribution in [1.29, 1.82) is 0 Å². The number of aliphatic carboxylic acids is 1. The van der Waals surface area contributed by atoms with E-state index >= 15 is 0 Å². The van der Waals surface area contributed by atoms with Crippen LogP contribution in [0.3, 0.4) is 0 Å². The third kappa shape index (κ3) is 1.78. The van der Waals surface area contributed by atoms with Gasteiger partial charge in [-0.05, 0) is 24.7 Å². The number of carboxylic acid groups (broad SMARTS) is 1. The molecule has 1 unspecified atom stereocenters. The molecular weight excluding hydrogens is 154 g/mol. The Morgan fingerprint density at radius 2 is 2.17 bits per heavy atom. The van der Waals surface area contributed by atoms with Crippen LogP contribution in [0.1, 0.15) is 33.1 Å². The molecule has 0 aromatic rings. The van der Waals surface area contributed by atoms with Crippen molar-refractivity contribution in [2.75, 3.05) is 0 Å². The van der Waals surface area contributed by atoms with Crippen molar-refractivity contribution in [2.24, 2.45) is 17.6 Å². The lowest BCUT2D eigenvalue weighted by atomic mass is 9.80. The van der Waals surface area contributed by atoms with Gasteiger partial charge in [0, 0.05) is 5.54 Å². The Balaban J connectivity index is 2.64. The minimum atomic E-state index is -0.780. The van der Waals surface area contributed by atoms with Crippen molar-refractivity contribution in [2.45, 2.75) is 38.6 Å². The lowest BCUT2D eigenvalue weighted by Gasteiger charge is -2.32. The molecule has 0 heterocycles. The van der Waals surface area contributed by atoms with E-state index in [2.05, 4.69) is 0 Å². The number of carboxylic acids is 1. The fourth-order valence-electron chi connectivity index (χ4n) is 1.70. The summed E-state index contributed by atoms with van der Waals surface area (Å²) in [6.45, 7) is 4.00. The first kappa shape index (κ1) is 9.52. The molecule has 0 radical (unpaired) electrons. The highest BCUT2D eigenvalue weighted by Crippen LogP contribution is 2.43. The molecule has 1 saturated carbocycles. The first-order chi connectivity index (χ1) is 5.47. The first-order valence-corrected chi connectivity index (χ1v) is 4.47. The van der Waals surface area contributed by atoms with Crippen molar-refractivity contribution in [1.82, 2.24) is 0 Å². The molecule has 70 valence electrons. The Morgan fingerprint density at radius 1 is 1.67 bits per heavy atom. The molecule has 12 heavy (non-hydrogen) atoms. The van der Waals surface area contributed by atoms with E-state index in [4.69, 9.17) is 10.8 Å². The molecule has 1 fully saturated rings. The lowest BCUT2D eigenvalue weighted by molar-refractivity contribution is -0.139. The van der Waals surface area contributed by atoms with E-state index in [0.717, 1.165) is 12.8 Å². The number of hydrogen-bond donors (Lipinski definition) is 2. The minimum absolute atomic E-state index is 0.106. The molecule has 3 N–H and O–H groups in total. The van der Waals surface area contributed by atoms with Crippen molar-refractivity contribution in [3.8, 4) is 0 Å². The summed E-state index contributed by atoms with van der Waals surface area (Å²) in [6, 6.07) is 0. The van der Waals surface area contributed by atoms with Crippen LogP contribution in [0.5, 0.6) is 0 Å². The lowest BCUT2D eigenvalue weighted by Crippen LogP contribution is -2.49. The van der Waals surface area contributed by atoms with Gasteiger partial charge in [-0.2, -0.15) is 0 Å². The summed E-state index contributed by atoms with van der Waals surface area (Å²) >= 11 is 0. The summed E-state index contributed by atoms with van der Waals surface area (Å²) in [6.07, 6.45) is 2.30. The summed E-state index contributed by atoms with van der Waals surface area (Å²) in [5.74, 6) is -0.0900. The average Bonchev–Trinajstić information content (AvgIpc) is 2.65. The van der Waals surface area contributed by atoms with Gasteiger partial charge in [-0.25, -0.2) is 0 Å². The van der Waals surface area contributed by atoms with Gasteiger partial charge in [0.05, 0.1) is 6.42 Å². The van der Waals surface area contributed by atoms with Gasteiger partial charge < -0.3 is 10.8 Å². The second kappa shape index (κ2) is 3.05. The zero-order valence-corrected chi connectivity index (χ0v) is 7.71. The standard InChI is InChI=1S/C9H17NO2/c1-6(2)9(10,5-8(11)12)7-3-4-7/h6-7H,3-5,10H2,1-2H3,(H,11,12). The van der Waals surface area contributed by atoms with Crippen molar-refractivity contribution < 1.29 is 9.90 Å². The normalized spacial score (nSPS) is 22.3. The molecule has 1 atom stereocenters. The predicted octanol–water partition coefficient (Wildman–Crippen LogP) is 1.22. The molecule has 0 amide bonds. The van der Waals surface area contributed by atoms with Crippen LogP contribution in [0.4, 0.5) is 0 Å². The van der Waals surface area contributed by atoms with E-state index < -0.39 is 11.5 Å². The smallest absolute Gasteiger partial charge is 0.305 e. The van der Waals surface area contributed by atoms with E-state index in [1.165, 1.54) is 0 Å². The van der Waals surface area contributed by atoms with Crippen LogP contribution >= 0.6 is 0 Å². The Bertz CT molecular complexity index is 183. The van der Waals surface area contributed by atoms with Crippen LogP contribution in [-0.4, -0.2) is 16.6 Å². The maximum atomic E-state index is 10.6. The van der Waals surface area contributed by atoms with Crippen LogP contribution in [0, 0.1) is 11.8 Å². The number of nitrogens with two attached hydrogens (primary N) is 1. The third-order valence-corrected chi connectivity index (χ3v) is 2.87. The number of rotatable bonds is 4. The average molecular weight is 171 g/mol. The molecule has 1 aliphatic rings. The van der Waals surface area contributed by atoms with E-state index in [-0.39, 0.29) is 12.3 Å². The van der Waals surface area contributed by atoms with Crippen LogP contribution in [0.15, 0.2) is 0 Å². The SMILES string of the molecule is CC(C)C(N)(CC(=O)O)C1CC1. The predicted molar refractivity (Wildman–Crippen MR) is 46.7 cm³/mol. The van der Waals surface area contributed by atoms with Crippen LogP contribution in [0.2, 0.25) is 0 Å². The zero-order chi connectivity index (χ0) is 9.35. The summed E-state index contributed by atoms with van der Waals surface area (Å²) in [4.78, 5) is 10.6. The maximum Gasteiger partial charge on any atom is 0.305 e. The van der Waals surface area contributed by atoms with E-state index in [1.54, 1.807) is 0 Å². The Kier molecular flexibility index (Phi) is 2.42. The molecule has 0 aliphatic heterocycles. The van der Waals surface area contributed by atoms with Gasteiger partial charge in [0.2, 0.25) is 0 Å². The molecule has 0 spiro atoms. The first-order valence-electron chi connectivity index (χ1n) is 4.47. The van der Waals surface area contributed by atoms with E-state index in [9.17, 15) is 4.79 Å². The van der Waals surface area contributed by atoms with Crippen molar-refractivity contribution in [3.05, 3.63) is 0 Å². The molecule has 1 aliphatic carbocycles. The fraction of sp³-hybridized carbons (Fsp3) is 0.889. The Hall–Kier alpha value is -0.570. The quantitative estimate of drug-likeness (QED) is 0.668. The molecular formula is C9H17NO2. The van der Waals surface area contributed by atoms with Crippen molar-refractivity contribution >= 4 is 5.97 Å². The van der Waals surface area contributed by atoms with Gasteiger partial charge in [-0.1, -0.05) is 13.8 Å². The second-order valence-corrected chi connectivity index (χ2v) is 4.11. The molecule has 0 saturated heterocycles. The zero-order valence-electron chi connectivity index (χ0n) is 7.71. The molecule has 1 rings (SSSR count). The Labute approximate surface area is 72.9 Å². The second-order valence-electron chi connectivity index (χ2n) is 4.11. The molecule has 3 heteroatoms. The third-order valence-electron chi connectivity index (χ3n) is 2.87. The van der Waals surface area contributed by atoms with Crippen molar-refractivity contribution in [3.63, 3.8) is 0 Å². The van der Waals surface area contributed by atoms with Gasteiger partial charge in [-0.15, -0.1) is 0 Å². The molecule has 0 aromatic heterocycles. The Morgan fingerprint density at radius 3 is 2.42 bits per heavy atom. The summed E-state index contributed by atoms with van der Waals surface area (Å²) in [5, 5.41) is 8.69. The molecule has 0 aromatic carbocycles. The van der Waals surface area contributed by atoms with Crippen LogP contribution < -0.4 is 5.73 Å². The summed E-state index contributed by atoms with van der Waals surface area (Å²) in [5.41, 5.74) is 5.60. The van der Waals surface area contributed by atoms with Crippen LogP contribution in [-0.2, 0) is 4.79 Å². The topological polar surface area (TPSA) is 63.3 Å². The summed E-state index contributed by atoms with van der Waals surface area (Å²) < 4.78 is 0. The monoisotopic (exact) mass is 171 g/mol. The van der Waals surface area contributed by atoms with Gasteiger partial charge in [0.15, 0.2) is 0 Å². The maximum absolute atomic E-state index is 10.6. The van der Waals surface area contributed by atoms with Gasteiger partial charge in [0.1, 0.15) is 0 Å². The molecule has 3 nitrogen and oxygen atoms in total. The van der Waals surface area contributed by atoms with Crippen LogP contribution in [0.25, 0.3) is 0 Å². The van der Waals surface area contributed by atoms with Gasteiger partial charge in [0.25, 0.3) is 0 Å². The number of hydrogen-bond acceptors (Lipinski definition) is 2. The van der Waals surface area contributed by atoms with Gasteiger partial charge in [-0.3, -0.25) is 4.79 Å². The number of carbonyl (C=O) groups is 1. The van der Waals surface area contributed by atoms with E-state index in [1.807, 2.05) is 13.8 Å². The van der Waals surface area contributed by atoms with E-state index in [0.29, 0.717) is 5.92 Å². The molecule has 0 bridgehead atoms. The highest BCUT2D eigenvalue weighted by molar-refractivity contribution is 5.68. The highest BCUT2D eigenvalue weighted by atomic mass is 16.4.